The summed E-state index contributed by atoms with van der Waals surface area (Å²) < 4.78 is 2.11. The fourth-order valence-corrected chi connectivity index (χ4v) is 3.20. The predicted octanol–water partition coefficient (Wildman–Crippen LogP) is 2.38. The number of nitrogens with zero attached hydrogens (tertiary/aromatic N) is 3. The molecule has 0 bridgehead atoms. The van der Waals surface area contributed by atoms with Gasteiger partial charge >= 0.3 is 0 Å². The van der Waals surface area contributed by atoms with Crippen LogP contribution in [0.1, 0.15) is 36.9 Å². The van der Waals surface area contributed by atoms with E-state index >= 15 is 0 Å². The molecular weight excluding hydrogens is 250 g/mol. The number of aromatic nitrogens is 2. The lowest BCUT2D eigenvalue weighted by atomic mass is 10.1. The van der Waals surface area contributed by atoms with Crippen molar-refractivity contribution >= 4 is 5.65 Å². The zero-order valence-corrected chi connectivity index (χ0v) is 12.1. The minimum atomic E-state index is 0.304. The maximum Gasteiger partial charge on any atom is 0.137 e. The minimum absolute atomic E-state index is 0.304. The van der Waals surface area contributed by atoms with Gasteiger partial charge in [-0.05, 0) is 50.8 Å². The summed E-state index contributed by atoms with van der Waals surface area (Å²) >= 11 is 0. The third-order valence-corrected chi connectivity index (χ3v) is 4.21. The van der Waals surface area contributed by atoms with Crippen LogP contribution in [0.4, 0.5) is 0 Å². The van der Waals surface area contributed by atoms with Crippen LogP contribution in [-0.2, 0) is 6.54 Å². The molecule has 0 aromatic carbocycles. The van der Waals surface area contributed by atoms with Crippen molar-refractivity contribution in [3.8, 4) is 0 Å². The van der Waals surface area contributed by atoms with E-state index in [1.165, 1.54) is 18.4 Å². The van der Waals surface area contributed by atoms with E-state index in [0.717, 1.165) is 37.3 Å². The lowest BCUT2D eigenvalue weighted by Gasteiger charge is -2.23. The van der Waals surface area contributed by atoms with Gasteiger partial charge in [0.2, 0.25) is 0 Å². The number of pyridine rings is 1. The maximum absolute atomic E-state index is 8.99. The molecule has 0 saturated carbocycles. The fourth-order valence-electron chi connectivity index (χ4n) is 3.20. The maximum atomic E-state index is 8.99. The molecule has 1 aliphatic heterocycles. The lowest BCUT2D eigenvalue weighted by molar-refractivity contribution is 0.208. The number of imidazole rings is 1. The average molecular weight is 273 g/mol. The lowest BCUT2D eigenvalue weighted by Crippen LogP contribution is -2.29. The molecule has 1 saturated heterocycles. The Balaban J connectivity index is 1.71. The molecule has 2 aromatic heterocycles. The summed E-state index contributed by atoms with van der Waals surface area (Å²) in [6.45, 7) is 4.49. The largest absolute Gasteiger partial charge is 0.396 e. The number of aryl methyl sites for hydroxylation is 1. The van der Waals surface area contributed by atoms with Crippen molar-refractivity contribution < 1.29 is 5.11 Å². The second kappa shape index (κ2) is 5.94. The van der Waals surface area contributed by atoms with Gasteiger partial charge in [-0.1, -0.05) is 6.07 Å². The summed E-state index contributed by atoms with van der Waals surface area (Å²) in [5.41, 5.74) is 3.42. The Morgan fingerprint density at radius 2 is 2.25 bits per heavy atom. The summed E-state index contributed by atoms with van der Waals surface area (Å²) in [6.07, 6.45) is 8.80. The highest BCUT2D eigenvalue weighted by atomic mass is 16.2. The first kappa shape index (κ1) is 13.6. The number of rotatable bonds is 5. The van der Waals surface area contributed by atoms with Crippen molar-refractivity contribution in [3.63, 3.8) is 0 Å². The Kier molecular flexibility index (Phi) is 4.03. The molecule has 4 nitrogen and oxygen atoms in total. The number of likely N-dealkylation sites (tertiary alicyclic amines) is 1. The van der Waals surface area contributed by atoms with Crippen LogP contribution < -0.4 is 0 Å². The molecule has 20 heavy (non-hydrogen) atoms. The van der Waals surface area contributed by atoms with Gasteiger partial charge < -0.3 is 9.51 Å². The van der Waals surface area contributed by atoms with E-state index in [-0.39, 0.29) is 0 Å². The van der Waals surface area contributed by atoms with Crippen LogP contribution in [0.2, 0.25) is 0 Å². The van der Waals surface area contributed by atoms with E-state index in [0.29, 0.717) is 12.6 Å². The molecular formula is C16H23N3O. The van der Waals surface area contributed by atoms with Gasteiger partial charge in [0.05, 0.1) is 5.69 Å². The summed E-state index contributed by atoms with van der Waals surface area (Å²) in [5.74, 6) is 0. The summed E-state index contributed by atoms with van der Waals surface area (Å²) in [5, 5.41) is 8.99. The topological polar surface area (TPSA) is 40.8 Å². The van der Waals surface area contributed by atoms with E-state index < -0.39 is 0 Å². The van der Waals surface area contributed by atoms with Gasteiger partial charge in [0, 0.05) is 31.6 Å². The van der Waals surface area contributed by atoms with Gasteiger partial charge in [-0.3, -0.25) is 4.90 Å². The molecule has 1 fully saturated rings. The average Bonchev–Trinajstić information content (AvgIpc) is 3.02. The molecule has 2 aromatic rings. The Labute approximate surface area is 120 Å². The molecule has 1 unspecified atom stereocenters. The van der Waals surface area contributed by atoms with E-state index in [1.54, 1.807) is 0 Å². The molecule has 0 aliphatic carbocycles. The van der Waals surface area contributed by atoms with Gasteiger partial charge in [0.1, 0.15) is 5.65 Å². The number of aliphatic hydroxyl groups is 1. The summed E-state index contributed by atoms with van der Waals surface area (Å²) in [4.78, 5) is 7.22. The van der Waals surface area contributed by atoms with Gasteiger partial charge in [0.25, 0.3) is 0 Å². The molecule has 3 rings (SSSR count). The molecule has 108 valence electrons. The van der Waals surface area contributed by atoms with Crippen molar-refractivity contribution in [1.82, 2.24) is 14.3 Å². The van der Waals surface area contributed by atoms with Crippen molar-refractivity contribution in [2.24, 2.45) is 0 Å². The first-order valence-electron chi connectivity index (χ1n) is 7.55. The van der Waals surface area contributed by atoms with E-state index in [4.69, 9.17) is 10.1 Å². The van der Waals surface area contributed by atoms with Crippen molar-refractivity contribution in [3.05, 3.63) is 35.8 Å². The number of hydrogen-bond acceptors (Lipinski definition) is 3. The fraction of sp³-hybridized carbons (Fsp3) is 0.562. The molecule has 1 atom stereocenters. The molecule has 1 aliphatic rings. The third kappa shape index (κ3) is 2.86. The molecule has 0 radical (unpaired) electrons. The second-order valence-corrected chi connectivity index (χ2v) is 5.84. The number of aliphatic hydroxyl groups excluding tert-OH is 1. The van der Waals surface area contributed by atoms with Gasteiger partial charge in [-0.2, -0.15) is 0 Å². The highest BCUT2D eigenvalue weighted by molar-refractivity contribution is 5.41. The van der Waals surface area contributed by atoms with E-state index in [9.17, 15) is 0 Å². The van der Waals surface area contributed by atoms with Crippen molar-refractivity contribution in [1.29, 1.82) is 0 Å². The first-order valence-corrected chi connectivity index (χ1v) is 7.55. The van der Waals surface area contributed by atoms with E-state index in [1.807, 2.05) is 0 Å². The number of hydrogen-bond donors (Lipinski definition) is 1. The Morgan fingerprint density at radius 1 is 1.35 bits per heavy atom. The molecule has 1 N–H and O–H groups in total. The first-order chi connectivity index (χ1) is 9.76. The highest BCUT2D eigenvalue weighted by Crippen LogP contribution is 2.23. The Hall–Kier alpha value is -1.39. The van der Waals surface area contributed by atoms with Crippen LogP contribution in [0.25, 0.3) is 5.65 Å². The van der Waals surface area contributed by atoms with Crippen molar-refractivity contribution in [2.75, 3.05) is 13.2 Å². The minimum Gasteiger partial charge on any atom is -0.396 e. The molecule has 3 heterocycles. The summed E-state index contributed by atoms with van der Waals surface area (Å²) in [6, 6.07) is 4.80. The SMILES string of the molecule is Cc1ccc2nc(CN3CCCC3CCCO)cn2c1. The van der Waals surface area contributed by atoms with Crippen LogP contribution in [0.5, 0.6) is 0 Å². The van der Waals surface area contributed by atoms with Gasteiger partial charge in [-0.25, -0.2) is 4.98 Å². The monoisotopic (exact) mass is 273 g/mol. The number of fused-ring (bicyclic) bond motifs is 1. The Bertz CT molecular complexity index is 578. The predicted molar refractivity (Wildman–Crippen MR) is 79.7 cm³/mol. The van der Waals surface area contributed by atoms with Crippen LogP contribution in [0.3, 0.4) is 0 Å². The molecule has 0 spiro atoms. The normalized spacial score (nSPS) is 20.0. The quantitative estimate of drug-likeness (QED) is 0.909. The van der Waals surface area contributed by atoms with E-state index in [2.05, 4.69) is 40.8 Å². The highest BCUT2D eigenvalue weighted by Gasteiger charge is 2.24. The van der Waals surface area contributed by atoms with Crippen LogP contribution >= 0.6 is 0 Å². The zero-order valence-electron chi connectivity index (χ0n) is 12.1. The standard InChI is InChI=1S/C16H23N3O/c1-13-6-7-16-17-14(12-19(16)10-13)11-18-8-2-4-15(18)5-3-9-20/h6-7,10,12,15,20H,2-5,8-9,11H2,1H3. The van der Waals surface area contributed by atoms with Gasteiger partial charge in [0.15, 0.2) is 0 Å². The third-order valence-electron chi connectivity index (χ3n) is 4.21. The second-order valence-electron chi connectivity index (χ2n) is 5.84. The van der Waals surface area contributed by atoms with Gasteiger partial charge in [-0.15, -0.1) is 0 Å². The van der Waals surface area contributed by atoms with Crippen LogP contribution in [-0.4, -0.2) is 38.6 Å². The van der Waals surface area contributed by atoms with Crippen LogP contribution in [0, 0.1) is 6.92 Å². The molecule has 4 heteroatoms. The zero-order chi connectivity index (χ0) is 13.9. The Morgan fingerprint density at radius 3 is 3.10 bits per heavy atom. The van der Waals surface area contributed by atoms with Crippen LogP contribution in [0.15, 0.2) is 24.5 Å². The molecule has 0 amide bonds. The van der Waals surface area contributed by atoms with Crippen molar-refractivity contribution in [2.45, 2.75) is 45.2 Å². The summed E-state index contributed by atoms with van der Waals surface area (Å²) in [7, 11) is 0. The smallest absolute Gasteiger partial charge is 0.137 e.